The highest BCUT2D eigenvalue weighted by atomic mass is 15.2. The highest BCUT2D eigenvalue weighted by Gasteiger charge is 2.27. The van der Waals surface area contributed by atoms with Crippen LogP contribution in [0.4, 0.5) is 5.82 Å². The van der Waals surface area contributed by atoms with Gasteiger partial charge >= 0.3 is 0 Å². The van der Waals surface area contributed by atoms with Gasteiger partial charge in [-0.3, -0.25) is 0 Å². The summed E-state index contributed by atoms with van der Waals surface area (Å²) in [5.74, 6) is 1.91. The van der Waals surface area contributed by atoms with Gasteiger partial charge in [0.25, 0.3) is 0 Å². The molecule has 0 amide bonds. The van der Waals surface area contributed by atoms with Crippen LogP contribution in [0.25, 0.3) is 11.4 Å². The highest BCUT2D eigenvalue weighted by molar-refractivity contribution is 5.68. The number of imidazole rings is 2. The van der Waals surface area contributed by atoms with Gasteiger partial charge in [0.15, 0.2) is 0 Å². The van der Waals surface area contributed by atoms with Crippen LogP contribution in [0.5, 0.6) is 0 Å². The second-order valence-corrected chi connectivity index (χ2v) is 5.93. The van der Waals surface area contributed by atoms with E-state index >= 15 is 0 Å². The van der Waals surface area contributed by atoms with E-state index in [4.69, 9.17) is 10.7 Å². The summed E-state index contributed by atoms with van der Waals surface area (Å²) in [6.45, 7) is 5.35. The molecule has 3 rings (SSSR count). The minimum Gasteiger partial charge on any atom is -0.383 e. The molecule has 2 aromatic heterocycles. The van der Waals surface area contributed by atoms with Gasteiger partial charge in [-0.25, -0.2) is 9.97 Å². The quantitative estimate of drug-likeness (QED) is 0.848. The van der Waals surface area contributed by atoms with E-state index in [1.165, 1.54) is 19.3 Å². The molecular formula is C16H25N5. The van der Waals surface area contributed by atoms with Crippen molar-refractivity contribution in [2.24, 2.45) is 0 Å². The van der Waals surface area contributed by atoms with Crippen LogP contribution >= 0.6 is 0 Å². The molecule has 0 aromatic carbocycles. The minimum absolute atomic E-state index is 0.595. The molecule has 0 bridgehead atoms. The lowest BCUT2D eigenvalue weighted by atomic mass is 10.3. The van der Waals surface area contributed by atoms with Crippen molar-refractivity contribution >= 4 is 5.82 Å². The third kappa shape index (κ3) is 2.69. The van der Waals surface area contributed by atoms with Crippen LogP contribution in [-0.4, -0.2) is 19.1 Å². The Kier molecular flexibility index (Phi) is 3.99. The van der Waals surface area contributed by atoms with Crippen molar-refractivity contribution in [3.63, 3.8) is 0 Å². The Hall–Kier alpha value is -1.78. The molecule has 2 heterocycles. The first-order valence-corrected chi connectivity index (χ1v) is 8.13. The molecule has 114 valence electrons. The zero-order valence-electron chi connectivity index (χ0n) is 13.0. The van der Waals surface area contributed by atoms with Gasteiger partial charge < -0.3 is 14.9 Å². The normalized spacial score (nSPS) is 14.8. The predicted octanol–water partition coefficient (Wildman–Crippen LogP) is 3.42. The van der Waals surface area contributed by atoms with E-state index in [2.05, 4.69) is 28.0 Å². The molecule has 0 unspecified atom stereocenters. The summed E-state index contributed by atoms with van der Waals surface area (Å²) in [5.41, 5.74) is 8.40. The summed E-state index contributed by atoms with van der Waals surface area (Å²) >= 11 is 0. The zero-order valence-corrected chi connectivity index (χ0v) is 13.0. The summed E-state index contributed by atoms with van der Waals surface area (Å²) in [6.07, 6.45) is 10.7. The van der Waals surface area contributed by atoms with Crippen molar-refractivity contribution in [2.75, 3.05) is 5.73 Å². The van der Waals surface area contributed by atoms with Gasteiger partial charge in [0, 0.05) is 19.0 Å². The summed E-state index contributed by atoms with van der Waals surface area (Å²) in [7, 11) is 0. The number of unbranched alkanes of at least 4 members (excludes halogenated alkanes) is 1. The number of nitrogens with zero attached hydrogens (tertiary/aromatic N) is 4. The van der Waals surface area contributed by atoms with E-state index in [1.807, 2.05) is 12.5 Å². The van der Waals surface area contributed by atoms with E-state index in [0.29, 0.717) is 6.04 Å². The first kappa shape index (κ1) is 14.2. The molecular weight excluding hydrogens is 262 g/mol. The SMILES string of the molecule is CCCCn1c(CCC)nc(-c2cncn2C2CC2)c1N. The third-order valence-electron chi connectivity index (χ3n) is 4.14. The van der Waals surface area contributed by atoms with E-state index in [-0.39, 0.29) is 0 Å². The van der Waals surface area contributed by atoms with Crippen LogP contribution in [0.2, 0.25) is 0 Å². The van der Waals surface area contributed by atoms with Gasteiger partial charge in [0.2, 0.25) is 0 Å². The lowest BCUT2D eigenvalue weighted by Gasteiger charge is -2.09. The predicted molar refractivity (Wildman–Crippen MR) is 85.0 cm³/mol. The maximum atomic E-state index is 6.42. The molecule has 21 heavy (non-hydrogen) atoms. The van der Waals surface area contributed by atoms with Crippen molar-refractivity contribution in [2.45, 2.75) is 65.0 Å². The third-order valence-corrected chi connectivity index (χ3v) is 4.14. The second kappa shape index (κ2) is 5.92. The van der Waals surface area contributed by atoms with Crippen LogP contribution in [0.3, 0.4) is 0 Å². The first-order valence-electron chi connectivity index (χ1n) is 8.13. The van der Waals surface area contributed by atoms with Crippen LogP contribution < -0.4 is 5.73 Å². The van der Waals surface area contributed by atoms with Crippen LogP contribution in [-0.2, 0) is 13.0 Å². The first-order chi connectivity index (χ1) is 10.3. The van der Waals surface area contributed by atoms with Crippen molar-refractivity contribution in [1.29, 1.82) is 0 Å². The van der Waals surface area contributed by atoms with E-state index in [9.17, 15) is 0 Å². The van der Waals surface area contributed by atoms with Crippen LogP contribution in [0.1, 0.15) is 57.8 Å². The average Bonchev–Trinajstić information content (AvgIpc) is 3.13. The van der Waals surface area contributed by atoms with E-state index in [1.54, 1.807) is 0 Å². The molecule has 1 aliphatic carbocycles. The molecule has 0 atom stereocenters. The number of nitrogen functional groups attached to an aromatic ring is 1. The Labute approximate surface area is 126 Å². The summed E-state index contributed by atoms with van der Waals surface area (Å²) in [4.78, 5) is 9.15. The number of hydrogen-bond donors (Lipinski definition) is 1. The second-order valence-electron chi connectivity index (χ2n) is 5.93. The van der Waals surface area contributed by atoms with Crippen molar-refractivity contribution in [3.05, 3.63) is 18.3 Å². The molecule has 0 radical (unpaired) electrons. The Morgan fingerprint density at radius 1 is 1.29 bits per heavy atom. The van der Waals surface area contributed by atoms with Gasteiger partial charge in [-0.1, -0.05) is 20.3 Å². The Morgan fingerprint density at radius 3 is 2.76 bits per heavy atom. The van der Waals surface area contributed by atoms with Crippen LogP contribution in [0, 0.1) is 0 Å². The monoisotopic (exact) mass is 287 g/mol. The van der Waals surface area contributed by atoms with Gasteiger partial charge in [-0.2, -0.15) is 0 Å². The summed E-state index contributed by atoms with van der Waals surface area (Å²) in [6, 6.07) is 0.595. The van der Waals surface area contributed by atoms with Gasteiger partial charge in [-0.15, -0.1) is 0 Å². The molecule has 1 saturated carbocycles. The maximum Gasteiger partial charge on any atom is 0.133 e. The maximum absolute atomic E-state index is 6.42. The lowest BCUT2D eigenvalue weighted by Crippen LogP contribution is -2.07. The van der Waals surface area contributed by atoms with E-state index in [0.717, 1.165) is 48.8 Å². The number of anilines is 1. The fraction of sp³-hybridized carbons (Fsp3) is 0.625. The molecule has 5 heteroatoms. The van der Waals surface area contributed by atoms with Crippen molar-refractivity contribution < 1.29 is 0 Å². The van der Waals surface area contributed by atoms with Crippen LogP contribution in [0.15, 0.2) is 12.5 Å². The standard InChI is InChI=1S/C16H25N5/c1-3-5-9-20-14(6-4-2)19-15(16(20)17)13-10-18-11-21(13)12-7-8-12/h10-12H,3-9,17H2,1-2H3. The fourth-order valence-electron chi connectivity index (χ4n) is 2.81. The Bertz CT molecular complexity index is 606. The lowest BCUT2D eigenvalue weighted by molar-refractivity contribution is 0.604. The molecule has 2 aromatic rings. The molecule has 0 saturated heterocycles. The summed E-state index contributed by atoms with van der Waals surface area (Å²) < 4.78 is 4.44. The number of rotatable bonds is 7. The zero-order chi connectivity index (χ0) is 14.8. The van der Waals surface area contributed by atoms with Gasteiger partial charge in [-0.05, 0) is 25.7 Å². The smallest absolute Gasteiger partial charge is 0.133 e. The largest absolute Gasteiger partial charge is 0.383 e. The number of aromatic nitrogens is 4. The molecule has 0 aliphatic heterocycles. The van der Waals surface area contributed by atoms with Crippen molar-refractivity contribution in [1.82, 2.24) is 19.1 Å². The topological polar surface area (TPSA) is 61.7 Å². The molecule has 1 fully saturated rings. The number of aryl methyl sites for hydroxylation is 1. The number of hydrogen-bond acceptors (Lipinski definition) is 3. The van der Waals surface area contributed by atoms with Crippen molar-refractivity contribution in [3.8, 4) is 11.4 Å². The molecule has 2 N–H and O–H groups in total. The van der Waals surface area contributed by atoms with Gasteiger partial charge in [0.1, 0.15) is 17.3 Å². The molecule has 0 spiro atoms. The summed E-state index contributed by atoms with van der Waals surface area (Å²) in [5, 5.41) is 0. The fourth-order valence-corrected chi connectivity index (χ4v) is 2.81. The van der Waals surface area contributed by atoms with Gasteiger partial charge in [0.05, 0.1) is 18.2 Å². The molecule has 5 nitrogen and oxygen atoms in total. The molecule has 1 aliphatic rings. The average molecular weight is 287 g/mol. The Balaban J connectivity index is 1.99. The minimum atomic E-state index is 0.595. The number of nitrogens with two attached hydrogens (primary N) is 1. The Morgan fingerprint density at radius 2 is 2.10 bits per heavy atom. The van der Waals surface area contributed by atoms with E-state index < -0.39 is 0 Å². The highest BCUT2D eigenvalue weighted by Crippen LogP contribution is 2.39.